The van der Waals surface area contributed by atoms with Crippen LogP contribution in [0.2, 0.25) is 0 Å². The molecule has 1 saturated heterocycles. The van der Waals surface area contributed by atoms with Gasteiger partial charge in [-0.2, -0.15) is 15.4 Å². The first kappa shape index (κ1) is 12.6. The Morgan fingerprint density at radius 2 is 1.89 bits per heavy atom. The fourth-order valence-electron chi connectivity index (χ4n) is 3.60. The van der Waals surface area contributed by atoms with E-state index in [0.29, 0.717) is 17.7 Å². The highest BCUT2D eigenvalue weighted by molar-refractivity contribution is 5.79. The van der Waals surface area contributed by atoms with Gasteiger partial charge in [0.2, 0.25) is 5.91 Å². The van der Waals surface area contributed by atoms with Crippen LogP contribution in [0.15, 0.2) is 0 Å². The number of nitrogens with zero attached hydrogens (tertiary/aromatic N) is 3. The maximum atomic E-state index is 12.6. The smallest absolute Gasteiger partial charge is 0.226 e. The average molecular weight is 262 g/mol. The Hall–Kier alpha value is -1.39. The molecular formula is C14H22N4O. The van der Waals surface area contributed by atoms with E-state index in [4.69, 9.17) is 0 Å². The zero-order valence-corrected chi connectivity index (χ0v) is 11.7. The number of carbonyl (C=O) groups excluding carboxylic acids is 1. The van der Waals surface area contributed by atoms with Crippen LogP contribution in [0.25, 0.3) is 0 Å². The van der Waals surface area contributed by atoms with E-state index in [1.54, 1.807) is 0 Å². The molecule has 3 atom stereocenters. The van der Waals surface area contributed by atoms with Crippen molar-refractivity contribution in [1.29, 1.82) is 0 Å². The predicted molar refractivity (Wildman–Crippen MR) is 71.4 cm³/mol. The average Bonchev–Trinajstić information content (AvgIpc) is 2.83. The molecule has 104 valence electrons. The fraction of sp³-hybridized carbons (Fsp3) is 0.786. The molecule has 0 aromatic carbocycles. The van der Waals surface area contributed by atoms with Gasteiger partial charge in [0.05, 0.1) is 11.4 Å². The van der Waals surface area contributed by atoms with Crippen LogP contribution in [-0.2, 0) is 17.6 Å². The van der Waals surface area contributed by atoms with Gasteiger partial charge in [-0.05, 0) is 31.1 Å². The number of piperidine rings is 1. The molecule has 1 amide bonds. The number of rotatable bonds is 1. The van der Waals surface area contributed by atoms with E-state index in [9.17, 15) is 4.79 Å². The summed E-state index contributed by atoms with van der Waals surface area (Å²) in [5, 5.41) is 11.0. The van der Waals surface area contributed by atoms with Crippen molar-refractivity contribution in [2.45, 2.75) is 39.5 Å². The zero-order valence-electron chi connectivity index (χ0n) is 11.7. The van der Waals surface area contributed by atoms with Gasteiger partial charge in [-0.1, -0.05) is 13.8 Å². The Bertz CT molecular complexity index is 460. The molecule has 1 aliphatic heterocycles. The summed E-state index contributed by atoms with van der Waals surface area (Å²) >= 11 is 0. The van der Waals surface area contributed by atoms with E-state index < -0.39 is 0 Å². The lowest BCUT2D eigenvalue weighted by molar-refractivity contribution is -0.138. The molecule has 2 aliphatic rings. The topological polar surface area (TPSA) is 61.9 Å². The van der Waals surface area contributed by atoms with Gasteiger partial charge in [0, 0.05) is 25.4 Å². The maximum absolute atomic E-state index is 12.6. The van der Waals surface area contributed by atoms with Crippen LogP contribution in [0.4, 0.5) is 0 Å². The molecule has 0 saturated carbocycles. The SMILES string of the molecule is CC1CC(C)CN(C(=O)C2CCc3n[nH]nc3C2)C1. The lowest BCUT2D eigenvalue weighted by atomic mass is 9.86. The van der Waals surface area contributed by atoms with Crippen molar-refractivity contribution in [3.05, 3.63) is 11.4 Å². The highest BCUT2D eigenvalue weighted by atomic mass is 16.2. The Kier molecular flexibility index (Phi) is 3.29. The molecule has 1 aromatic heterocycles. The number of aryl methyl sites for hydroxylation is 1. The van der Waals surface area contributed by atoms with Gasteiger partial charge in [0.25, 0.3) is 0 Å². The number of likely N-dealkylation sites (tertiary alicyclic amines) is 1. The quantitative estimate of drug-likeness (QED) is 0.832. The molecule has 5 nitrogen and oxygen atoms in total. The van der Waals surface area contributed by atoms with Crippen LogP contribution in [-0.4, -0.2) is 39.3 Å². The molecule has 0 spiro atoms. The van der Waals surface area contributed by atoms with Gasteiger partial charge in [-0.3, -0.25) is 4.79 Å². The highest BCUT2D eigenvalue weighted by Gasteiger charge is 2.33. The van der Waals surface area contributed by atoms with Gasteiger partial charge in [-0.25, -0.2) is 0 Å². The Labute approximate surface area is 113 Å². The van der Waals surface area contributed by atoms with Gasteiger partial charge in [0.15, 0.2) is 0 Å². The van der Waals surface area contributed by atoms with Gasteiger partial charge in [-0.15, -0.1) is 0 Å². The van der Waals surface area contributed by atoms with Crippen molar-refractivity contribution in [1.82, 2.24) is 20.3 Å². The lowest BCUT2D eigenvalue weighted by Crippen LogP contribution is -2.46. The minimum Gasteiger partial charge on any atom is -0.342 e. The Morgan fingerprint density at radius 3 is 2.63 bits per heavy atom. The molecule has 2 heterocycles. The third-order valence-electron chi connectivity index (χ3n) is 4.40. The molecule has 19 heavy (non-hydrogen) atoms. The summed E-state index contributed by atoms with van der Waals surface area (Å²) < 4.78 is 0. The van der Waals surface area contributed by atoms with Crippen LogP contribution in [0, 0.1) is 17.8 Å². The second kappa shape index (κ2) is 4.94. The number of amides is 1. The number of carbonyl (C=O) groups is 1. The Morgan fingerprint density at radius 1 is 1.21 bits per heavy atom. The van der Waals surface area contributed by atoms with Crippen molar-refractivity contribution in [3.63, 3.8) is 0 Å². The molecule has 1 aliphatic carbocycles. The molecule has 0 bridgehead atoms. The molecule has 1 N–H and O–H groups in total. The predicted octanol–water partition coefficient (Wildman–Crippen LogP) is 1.41. The normalized spacial score (nSPS) is 31.1. The number of aromatic nitrogens is 3. The summed E-state index contributed by atoms with van der Waals surface area (Å²) in [6.07, 6.45) is 3.78. The van der Waals surface area contributed by atoms with Crippen LogP contribution in [0.3, 0.4) is 0 Å². The van der Waals surface area contributed by atoms with E-state index in [1.165, 1.54) is 6.42 Å². The Balaban J connectivity index is 1.68. The fourth-order valence-corrected chi connectivity index (χ4v) is 3.60. The third-order valence-corrected chi connectivity index (χ3v) is 4.40. The largest absolute Gasteiger partial charge is 0.342 e. The van der Waals surface area contributed by atoms with Gasteiger partial charge in [0.1, 0.15) is 0 Å². The van der Waals surface area contributed by atoms with Crippen LogP contribution in [0.1, 0.15) is 38.1 Å². The highest BCUT2D eigenvalue weighted by Crippen LogP contribution is 2.27. The monoisotopic (exact) mass is 262 g/mol. The standard InChI is InChI=1S/C14H22N4O/c1-9-5-10(2)8-18(7-9)14(19)11-3-4-12-13(6-11)16-17-15-12/h9-11H,3-8H2,1-2H3,(H,15,16,17). The second-order valence-electron chi connectivity index (χ2n) is 6.35. The summed E-state index contributed by atoms with van der Waals surface area (Å²) in [5.74, 6) is 1.68. The number of nitrogens with one attached hydrogen (secondary N) is 1. The molecule has 1 fully saturated rings. The van der Waals surface area contributed by atoms with Crippen molar-refractivity contribution in [2.75, 3.05) is 13.1 Å². The first-order chi connectivity index (χ1) is 9.13. The van der Waals surface area contributed by atoms with E-state index in [-0.39, 0.29) is 5.92 Å². The molecule has 0 radical (unpaired) electrons. The number of hydrogen-bond donors (Lipinski definition) is 1. The van der Waals surface area contributed by atoms with E-state index in [1.807, 2.05) is 0 Å². The van der Waals surface area contributed by atoms with Crippen molar-refractivity contribution in [3.8, 4) is 0 Å². The zero-order chi connectivity index (χ0) is 13.4. The molecule has 3 rings (SSSR count). The van der Waals surface area contributed by atoms with Crippen molar-refractivity contribution in [2.24, 2.45) is 17.8 Å². The van der Waals surface area contributed by atoms with Crippen LogP contribution >= 0.6 is 0 Å². The number of hydrogen-bond acceptors (Lipinski definition) is 3. The van der Waals surface area contributed by atoms with E-state index >= 15 is 0 Å². The summed E-state index contributed by atoms with van der Waals surface area (Å²) in [6, 6.07) is 0. The van der Waals surface area contributed by atoms with Crippen molar-refractivity contribution < 1.29 is 4.79 Å². The number of fused-ring (bicyclic) bond motifs is 1. The first-order valence-corrected chi connectivity index (χ1v) is 7.30. The number of H-pyrrole nitrogens is 1. The van der Waals surface area contributed by atoms with Crippen LogP contribution < -0.4 is 0 Å². The minimum atomic E-state index is 0.107. The molecule has 1 aromatic rings. The summed E-state index contributed by atoms with van der Waals surface area (Å²) in [4.78, 5) is 14.7. The molecule has 5 heteroatoms. The lowest BCUT2D eigenvalue weighted by Gasteiger charge is -2.37. The van der Waals surface area contributed by atoms with Crippen molar-refractivity contribution >= 4 is 5.91 Å². The maximum Gasteiger partial charge on any atom is 0.226 e. The van der Waals surface area contributed by atoms with Gasteiger partial charge >= 0.3 is 0 Å². The minimum absolute atomic E-state index is 0.107. The van der Waals surface area contributed by atoms with E-state index in [0.717, 1.165) is 43.7 Å². The first-order valence-electron chi connectivity index (χ1n) is 7.30. The summed E-state index contributed by atoms with van der Waals surface area (Å²) in [7, 11) is 0. The third kappa shape index (κ3) is 2.51. The number of aromatic amines is 1. The van der Waals surface area contributed by atoms with E-state index in [2.05, 4.69) is 34.2 Å². The molecular weight excluding hydrogens is 240 g/mol. The second-order valence-corrected chi connectivity index (χ2v) is 6.35. The molecule has 3 unspecified atom stereocenters. The van der Waals surface area contributed by atoms with Crippen LogP contribution in [0.5, 0.6) is 0 Å². The summed E-state index contributed by atoms with van der Waals surface area (Å²) in [6.45, 7) is 6.33. The van der Waals surface area contributed by atoms with Gasteiger partial charge < -0.3 is 4.90 Å². The summed E-state index contributed by atoms with van der Waals surface area (Å²) in [5.41, 5.74) is 2.03.